The third-order valence-corrected chi connectivity index (χ3v) is 3.52. The molecule has 104 valence electrons. The Morgan fingerprint density at radius 2 is 2.25 bits per heavy atom. The minimum Gasteiger partial charge on any atom is -0.461 e. The van der Waals surface area contributed by atoms with Crippen molar-refractivity contribution in [3.63, 3.8) is 0 Å². The van der Waals surface area contributed by atoms with Gasteiger partial charge in [0.2, 0.25) is 0 Å². The number of nitro benzene ring substituents is 1. The van der Waals surface area contributed by atoms with E-state index in [2.05, 4.69) is 4.98 Å². The number of esters is 1. The minimum atomic E-state index is -0.464. The summed E-state index contributed by atoms with van der Waals surface area (Å²) in [7, 11) is 0. The highest BCUT2D eigenvalue weighted by atomic mass is 32.1. The number of rotatable bonds is 4. The third kappa shape index (κ3) is 2.83. The van der Waals surface area contributed by atoms with Crippen LogP contribution in [-0.4, -0.2) is 22.5 Å². The van der Waals surface area contributed by atoms with Crippen LogP contribution in [-0.2, 0) is 4.74 Å². The van der Waals surface area contributed by atoms with Crippen molar-refractivity contribution in [3.8, 4) is 10.6 Å². The molecule has 1 aromatic carbocycles. The molecule has 0 N–H and O–H groups in total. The fraction of sp³-hybridized carbons (Fsp3) is 0.231. The van der Waals surface area contributed by atoms with Gasteiger partial charge in [-0.15, -0.1) is 11.3 Å². The quantitative estimate of drug-likeness (QED) is 0.491. The number of carbonyl (C=O) groups is 1. The molecule has 0 saturated heterocycles. The number of ether oxygens (including phenoxy) is 1. The number of hydrogen-bond acceptors (Lipinski definition) is 6. The largest absolute Gasteiger partial charge is 0.461 e. The lowest BCUT2D eigenvalue weighted by Gasteiger charge is -2.00. The van der Waals surface area contributed by atoms with Crippen molar-refractivity contribution in [1.82, 2.24) is 4.98 Å². The van der Waals surface area contributed by atoms with Gasteiger partial charge in [0.25, 0.3) is 5.69 Å². The summed E-state index contributed by atoms with van der Waals surface area (Å²) in [4.78, 5) is 26.1. The molecule has 1 heterocycles. The highest BCUT2D eigenvalue weighted by Gasteiger charge is 2.15. The van der Waals surface area contributed by atoms with Crippen LogP contribution in [0.3, 0.4) is 0 Å². The van der Waals surface area contributed by atoms with Gasteiger partial charge < -0.3 is 4.74 Å². The lowest BCUT2D eigenvalue weighted by molar-refractivity contribution is -0.385. The minimum absolute atomic E-state index is 0.0657. The summed E-state index contributed by atoms with van der Waals surface area (Å²) >= 11 is 1.30. The molecule has 2 rings (SSSR count). The smallest absolute Gasteiger partial charge is 0.357 e. The highest BCUT2D eigenvalue weighted by molar-refractivity contribution is 7.13. The van der Waals surface area contributed by atoms with E-state index in [1.807, 2.05) is 0 Å². The zero-order chi connectivity index (χ0) is 14.7. The van der Waals surface area contributed by atoms with Gasteiger partial charge in [0, 0.05) is 22.6 Å². The lowest BCUT2D eigenvalue weighted by Crippen LogP contribution is -2.04. The van der Waals surface area contributed by atoms with Crippen molar-refractivity contribution in [2.75, 3.05) is 6.61 Å². The van der Waals surface area contributed by atoms with Crippen LogP contribution in [0.2, 0.25) is 0 Å². The molecule has 7 heteroatoms. The SMILES string of the molecule is CCOC(=O)c1csc(-c2ccc([N+](=O)[O-])c(C)c2)n1. The second-order valence-electron chi connectivity index (χ2n) is 4.02. The normalized spacial score (nSPS) is 10.3. The van der Waals surface area contributed by atoms with Gasteiger partial charge in [-0.2, -0.15) is 0 Å². The van der Waals surface area contributed by atoms with Crippen LogP contribution in [0.25, 0.3) is 10.6 Å². The van der Waals surface area contributed by atoms with Gasteiger partial charge in [0.15, 0.2) is 5.69 Å². The van der Waals surface area contributed by atoms with Crippen LogP contribution in [0.5, 0.6) is 0 Å². The van der Waals surface area contributed by atoms with Crippen molar-refractivity contribution in [3.05, 3.63) is 45.0 Å². The molecule has 0 radical (unpaired) electrons. The Morgan fingerprint density at radius 1 is 1.50 bits per heavy atom. The highest BCUT2D eigenvalue weighted by Crippen LogP contribution is 2.28. The third-order valence-electron chi connectivity index (χ3n) is 2.63. The van der Waals surface area contributed by atoms with E-state index >= 15 is 0 Å². The molecule has 0 aliphatic rings. The van der Waals surface area contributed by atoms with Gasteiger partial charge in [-0.3, -0.25) is 10.1 Å². The predicted molar refractivity (Wildman–Crippen MR) is 74.9 cm³/mol. The van der Waals surface area contributed by atoms with Crippen LogP contribution in [0, 0.1) is 17.0 Å². The van der Waals surface area contributed by atoms with E-state index in [-0.39, 0.29) is 11.4 Å². The molecule has 0 atom stereocenters. The molecule has 0 unspecified atom stereocenters. The van der Waals surface area contributed by atoms with E-state index in [1.54, 1.807) is 31.4 Å². The monoisotopic (exact) mass is 292 g/mol. The number of hydrogen-bond donors (Lipinski definition) is 0. The number of aromatic nitrogens is 1. The summed E-state index contributed by atoms with van der Waals surface area (Å²) in [5.41, 5.74) is 1.62. The Bertz CT molecular complexity index is 666. The van der Waals surface area contributed by atoms with Crippen molar-refractivity contribution in [1.29, 1.82) is 0 Å². The topological polar surface area (TPSA) is 82.3 Å². The standard InChI is InChI=1S/C13H12N2O4S/c1-3-19-13(16)10-7-20-12(14-10)9-4-5-11(15(17)18)8(2)6-9/h4-7H,3H2,1-2H3. The van der Waals surface area contributed by atoms with E-state index in [9.17, 15) is 14.9 Å². The second-order valence-corrected chi connectivity index (χ2v) is 4.87. The van der Waals surface area contributed by atoms with Gasteiger partial charge >= 0.3 is 5.97 Å². The van der Waals surface area contributed by atoms with E-state index in [4.69, 9.17) is 4.74 Å². The van der Waals surface area contributed by atoms with E-state index in [0.717, 1.165) is 5.56 Å². The van der Waals surface area contributed by atoms with E-state index in [0.29, 0.717) is 17.2 Å². The number of nitrogens with zero attached hydrogens (tertiary/aromatic N) is 2. The second kappa shape index (κ2) is 5.79. The number of benzene rings is 1. The molecule has 6 nitrogen and oxygen atoms in total. The van der Waals surface area contributed by atoms with Crippen LogP contribution >= 0.6 is 11.3 Å². The van der Waals surface area contributed by atoms with Gasteiger partial charge in [-0.25, -0.2) is 9.78 Å². The molecular formula is C13H12N2O4S. The summed E-state index contributed by atoms with van der Waals surface area (Å²) in [5, 5.41) is 13.0. The Hall–Kier alpha value is -2.28. The number of nitro groups is 1. The van der Waals surface area contributed by atoms with Crippen LogP contribution in [0.15, 0.2) is 23.6 Å². The summed E-state index contributed by atoms with van der Waals surface area (Å²) < 4.78 is 4.87. The maximum absolute atomic E-state index is 11.5. The average molecular weight is 292 g/mol. The van der Waals surface area contributed by atoms with Crippen molar-refractivity contribution in [2.24, 2.45) is 0 Å². The van der Waals surface area contributed by atoms with Gasteiger partial charge in [0.1, 0.15) is 5.01 Å². The zero-order valence-corrected chi connectivity index (χ0v) is 11.8. The first kappa shape index (κ1) is 14.1. The first-order valence-electron chi connectivity index (χ1n) is 5.91. The molecular weight excluding hydrogens is 280 g/mol. The molecule has 0 fully saturated rings. The lowest BCUT2D eigenvalue weighted by atomic mass is 10.1. The number of carbonyl (C=O) groups excluding carboxylic acids is 1. The van der Waals surface area contributed by atoms with Gasteiger partial charge in [-0.1, -0.05) is 0 Å². The summed E-state index contributed by atoms with van der Waals surface area (Å²) in [6, 6.07) is 4.75. The Labute approximate surface area is 119 Å². The molecule has 0 saturated carbocycles. The van der Waals surface area contributed by atoms with Gasteiger partial charge in [0.05, 0.1) is 11.5 Å². The molecule has 0 aliphatic carbocycles. The Morgan fingerprint density at radius 3 is 2.85 bits per heavy atom. The summed E-state index contributed by atoms with van der Waals surface area (Å²) in [5.74, 6) is -0.464. The molecule has 0 spiro atoms. The van der Waals surface area contributed by atoms with Crippen LogP contribution in [0.4, 0.5) is 5.69 Å². The van der Waals surface area contributed by atoms with Crippen LogP contribution < -0.4 is 0 Å². The maximum atomic E-state index is 11.5. The van der Waals surface area contributed by atoms with Crippen molar-refractivity contribution >= 4 is 23.0 Å². The molecule has 2 aromatic rings. The molecule has 0 aliphatic heterocycles. The van der Waals surface area contributed by atoms with Crippen LogP contribution in [0.1, 0.15) is 23.0 Å². The molecule has 0 amide bonds. The van der Waals surface area contributed by atoms with Gasteiger partial charge in [-0.05, 0) is 26.0 Å². The van der Waals surface area contributed by atoms with E-state index in [1.165, 1.54) is 17.4 Å². The number of aryl methyl sites for hydroxylation is 1. The Kier molecular flexibility index (Phi) is 4.09. The van der Waals surface area contributed by atoms with E-state index < -0.39 is 10.9 Å². The summed E-state index contributed by atoms with van der Waals surface area (Å²) in [6.07, 6.45) is 0. The van der Waals surface area contributed by atoms with Crippen molar-refractivity contribution < 1.29 is 14.5 Å². The summed E-state index contributed by atoms with van der Waals surface area (Å²) in [6.45, 7) is 3.69. The number of thiazole rings is 1. The maximum Gasteiger partial charge on any atom is 0.357 e. The Balaban J connectivity index is 2.31. The average Bonchev–Trinajstić information content (AvgIpc) is 2.88. The first-order valence-corrected chi connectivity index (χ1v) is 6.79. The first-order chi connectivity index (χ1) is 9.52. The molecule has 0 bridgehead atoms. The molecule has 1 aromatic heterocycles. The van der Waals surface area contributed by atoms with Crippen molar-refractivity contribution in [2.45, 2.75) is 13.8 Å². The zero-order valence-electron chi connectivity index (χ0n) is 11.0. The molecule has 20 heavy (non-hydrogen) atoms. The fourth-order valence-electron chi connectivity index (χ4n) is 1.70. The fourth-order valence-corrected chi connectivity index (χ4v) is 2.48. The predicted octanol–water partition coefficient (Wildman–Crippen LogP) is 3.20.